The van der Waals surface area contributed by atoms with Gasteiger partial charge in [-0.3, -0.25) is 10.1 Å². The number of nitrogens with zero attached hydrogens (tertiary/aromatic N) is 3. The zero-order chi connectivity index (χ0) is 22.9. The van der Waals surface area contributed by atoms with E-state index < -0.39 is 15.9 Å². The van der Waals surface area contributed by atoms with E-state index in [2.05, 4.69) is 29.4 Å². The second kappa shape index (κ2) is 9.01. The van der Waals surface area contributed by atoms with E-state index in [4.69, 9.17) is 16.0 Å². The molecule has 1 saturated heterocycles. The number of benzene rings is 2. The number of rotatable bonds is 5. The van der Waals surface area contributed by atoms with E-state index in [-0.39, 0.29) is 22.4 Å². The maximum Gasteiger partial charge on any atom is 0.322 e. The van der Waals surface area contributed by atoms with Crippen LogP contribution >= 0.6 is 11.6 Å². The smallest absolute Gasteiger partial charge is 0.322 e. The molecule has 1 aromatic heterocycles. The quantitative estimate of drug-likeness (QED) is 0.590. The van der Waals surface area contributed by atoms with Gasteiger partial charge in [0.2, 0.25) is 15.9 Å². The fraction of sp³-hybridized carbons (Fsp3) is 0.318. The highest BCUT2D eigenvalue weighted by atomic mass is 35.5. The van der Waals surface area contributed by atoms with Gasteiger partial charge in [-0.1, -0.05) is 30.5 Å². The minimum Gasteiger partial charge on any atom is -0.403 e. The van der Waals surface area contributed by atoms with E-state index in [0.29, 0.717) is 35.5 Å². The van der Waals surface area contributed by atoms with Crippen molar-refractivity contribution in [2.24, 2.45) is 11.8 Å². The molecule has 1 amide bonds. The second-order valence-corrected chi connectivity index (χ2v) is 10.5. The minimum atomic E-state index is -3.61. The van der Waals surface area contributed by atoms with Gasteiger partial charge in [-0.05, 0) is 66.8 Å². The maximum atomic E-state index is 13.0. The Morgan fingerprint density at radius 2 is 1.66 bits per heavy atom. The summed E-state index contributed by atoms with van der Waals surface area (Å²) < 4.78 is 33.0. The molecule has 8 nitrogen and oxygen atoms in total. The Hall–Kier alpha value is -2.75. The molecule has 2 heterocycles. The van der Waals surface area contributed by atoms with Crippen LogP contribution in [0.25, 0.3) is 11.5 Å². The molecular weight excluding hydrogens is 452 g/mol. The first-order chi connectivity index (χ1) is 15.2. The molecule has 0 radical (unpaired) electrons. The molecule has 1 aliphatic heterocycles. The monoisotopic (exact) mass is 474 g/mol. The Labute approximate surface area is 191 Å². The SMILES string of the molecule is C[C@H]1C[C@H](C)CN(S(=O)(=O)c2ccc(C(=O)Nc3nnc(-c4ccc(Cl)cc4)o3)cc2)C1. The summed E-state index contributed by atoms with van der Waals surface area (Å²) in [4.78, 5) is 12.7. The van der Waals surface area contributed by atoms with Gasteiger partial charge in [0.05, 0.1) is 4.90 Å². The van der Waals surface area contributed by atoms with Crippen molar-refractivity contribution >= 4 is 33.5 Å². The first-order valence-electron chi connectivity index (χ1n) is 10.2. The second-order valence-electron chi connectivity index (χ2n) is 8.17. The fourth-order valence-electron chi connectivity index (χ4n) is 3.88. The van der Waals surface area contributed by atoms with Crippen molar-refractivity contribution in [1.29, 1.82) is 0 Å². The van der Waals surface area contributed by atoms with Crippen LogP contribution in [-0.4, -0.2) is 41.9 Å². The van der Waals surface area contributed by atoms with Crippen molar-refractivity contribution in [2.75, 3.05) is 18.4 Å². The van der Waals surface area contributed by atoms with Crippen LogP contribution in [0.2, 0.25) is 5.02 Å². The van der Waals surface area contributed by atoms with E-state index in [1.807, 2.05) is 0 Å². The lowest BCUT2D eigenvalue weighted by Gasteiger charge is -2.34. The number of aromatic nitrogens is 2. The number of halogens is 1. The van der Waals surface area contributed by atoms with Gasteiger partial charge in [0.1, 0.15) is 0 Å². The molecule has 1 N–H and O–H groups in total. The lowest BCUT2D eigenvalue weighted by molar-refractivity contribution is 0.102. The summed E-state index contributed by atoms with van der Waals surface area (Å²) in [7, 11) is -3.61. The highest BCUT2D eigenvalue weighted by molar-refractivity contribution is 7.89. The van der Waals surface area contributed by atoms with Crippen molar-refractivity contribution in [3.8, 4) is 11.5 Å². The topological polar surface area (TPSA) is 105 Å². The predicted molar refractivity (Wildman–Crippen MR) is 121 cm³/mol. The summed E-state index contributed by atoms with van der Waals surface area (Å²) in [5, 5.41) is 10.9. The number of sulfonamides is 1. The number of amides is 1. The average Bonchev–Trinajstić information content (AvgIpc) is 3.22. The predicted octanol–water partition coefficient (Wildman–Crippen LogP) is 4.31. The van der Waals surface area contributed by atoms with E-state index in [9.17, 15) is 13.2 Å². The third-order valence-electron chi connectivity index (χ3n) is 5.33. The number of nitrogens with one attached hydrogen (secondary N) is 1. The molecule has 0 aliphatic carbocycles. The normalized spacial score (nSPS) is 19.6. The van der Waals surface area contributed by atoms with Gasteiger partial charge < -0.3 is 4.42 Å². The molecule has 2 aromatic carbocycles. The Morgan fingerprint density at radius 3 is 2.28 bits per heavy atom. The summed E-state index contributed by atoms with van der Waals surface area (Å²) in [5.41, 5.74) is 0.939. The highest BCUT2D eigenvalue weighted by Crippen LogP contribution is 2.27. The summed E-state index contributed by atoms with van der Waals surface area (Å²) in [6, 6.07) is 12.6. The van der Waals surface area contributed by atoms with Gasteiger partial charge in [-0.15, -0.1) is 5.10 Å². The van der Waals surface area contributed by atoms with Gasteiger partial charge in [0, 0.05) is 29.2 Å². The maximum absolute atomic E-state index is 13.0. The van der Waals surface area contributed by atoms with Crippen LogP contribution in [0.5, 0.6) is 0 Å². The van der Waals surface area contributed by atoms with Crippen LogP contribution in [0.1, 0.15) is 30.6 Å². The van der Waals surface area contributed by atoms with Gasteiger partial charge in [-0.25, -0.2) is 8.42 Å². The van der Waals surface area contributed by atoms with E-state index in [0.717, 1.165) is 6.42 Å². The molecule has 168 valence electrons. The van der Waals surface area contributed by atoms with E-state index >= 15 is 0 Å². The number of piperidine rings is 1. The van der Waals surface area contributed by atoms with Crippen LogP contribution in [-0.2, 0) is 10.0 Å². The number of hydrogen-bond acceptors (Lipinski definition) is 6. The molecule has 10 heteroatoms. The van der Waals surface area contributed by atoms with Crippen molar-refractivity contribution < 1.29 is 17.6 Å². The molecular formula is C22H23ClN4O4S. The molecule has 1 fully saturated rings. The number of carbonyl (C=O) groups is 1. The van der Waals surface area contributed by atoms with Gasteiger partial charge in [0.15, 0.2) is 0 Å². The fourth-order valence-corrected chi connectivity index (χ4v) is 5.69. The summed E-state index contributed by atoms with van der Waals surface area (Å²) in [6.45, 7) is 5.12. The average molecular weight is 475 g/mol. The van der Waals surface area contributed by atoms with Gasteiger partial charge in [0.25, 0.3) is 5.91 Å². The summed E-state index contributed by atoms with van der Waals surface area (Å²) >= 11 is 5.87. The van der Waals surface area contributed by atoms with Crippen LogP contribution in [0, 0.1) is 11.8 Å². The molecule has 3 aromatic rings. The molecule has 32 heavy (non-hydrogen) atoms. The van der Waals surface area contributed by atoms with E-state index in [1.54, 1.807) is 24.3 Å². The van der Waals surface area contributed by atoms with Crippen molar-refractivity contribution in [1.82, 2.24) is 14.5 Å². The number of carbonyl (C=O) groups excluding carboxylic acids is 1. The third kappa shape index (κ3) is 4.85. The van der Waals surface area contributed by atoms with Gasteiger partial charge in [-0.2, -0.15) is 4.31 Å². The zero-order valence-electron chi connectivity index (χ0n) is 17.7. The Bertz CT molecular complexity index is 1200. The van der Waals surface area contributed by atoms with Crippen molar-refractivity contribution in [3.05, 3.63) is 59.1 Å². The Kier molecular flexibility index (Phi) is 6.32. The first kappa shape index (κ1) is 22.4. The van der Waals surface area contributed by atoms with Crippen molar-refractivity contribution in [2.45, 2.75) is 25.2 Å². The third-order valence-corrected chi connectivity index (χ3v) is 7.42. The molecule has 0 saturated carbocycles. The highest BCUT2D eigenvalue weighted by Gasteiger charge is 2.31. The van der Waals surface area contributed by atoms with Crippen LogP contribution in [0.3, 0.4) is 0 Å². The molecule has 0 spiro atoms. The lowest BCUT2D eigenvalue weighted by atomic mass is 9.94. The Morgan fingerprint density at radius 1 is 1.03 bits per heavy atom. The van der Waals surface area contributed by atoms with Crippen LogP contribution in [0.15, 0.2) is 57.8 Å². The number of anilines is 1. The summed E-state index contributed by atoms with van der Waals surface area (Å²) in [5.74, 6) is 0.375. The van der Waals surface area contributed by atoms with Crippen molar-refractivity contribution in [3.63, 3.8) is 0 Å². The van der Waals surface area contributed by atoms with Crippen LogP contribution < -0.4 is 5.32 Å². The Balaban J connectivity index is 1.45. The molecule has 0 unspecified atom stereocenters. The zero-order valence-corrected chi connectivity index (χ0v) is 19.2. The molecule has 1 aliphatic rings. The standard InChI is InChI=1S/C22H23ClN4O4S/c1-14-11-15(2)13-27(12-14)32(29,30)19-9-5-16(6-10-19)20(28)24-22-26-25-21(31-22)17-3-7-18(23)8-4-17/h3-10,14-15H,11-13H2,1-2H3,(H,24,26,28)/t14-,15-/m0/s1. The molecule has 2 atom stereocenters. The first-order valence-corrected chi connectivity index (χ1v) is 12.0. The largest absolute Gasteiger partial charge is 0.403 e. The van der Waals surface area contributed by atoms with Gasteiger partial charge >= 0.3 is 6.01 Å². The number of hydrogen-bond donors (Lipinski definition) is 1. The molecule has 0 bridgehead atoms. The lowest BCUT2D eigenvalue weighted by Crippen LogP contribution is -2.42. The minimum absolute atomic E-state index is 0.0621. The summed E-state index contributed by atoms with van der Waals surface area (Å²) in [6.07, 6.45) is 1.01. The van der Waals surface area contributed by atoms with E-state index in [1.165, 1.54) is 28.6 Å². The molecule has 4 rings (SSSR count). The van der Waals surface area contributed by atoms with Crippen LogP contribution in [0.4, 0.5) is 6.01 Å².